The maximum absolute atomic E-state index is 5.94. The second-order valence-electron chi connectivity index (χ2n) is 4.87. The van der Waals surface area contributed by atoms with Gasteiger partial charge in [-0.05, 0) is 18.1 Å². The van der Waals surface area contributed by atoms with Gasteiger partial charge >= 0.3 is 0 Å². The van der Waals surface area contributed by atoms with E-state index in [1.54, 1.807) is 14.2 Å². The summed E-state index contributed by atoms with van der Waals surface area (Å²) in [5.41, 5.74) is 7.68. The van der Waals surface area contributed by atoms with Gasteiger partial charge in [0.1, 0.15) is 18.0 Å². The van der Waals surface area contributed by atoms with Crippen molar-refractivity contribution in [2.75, 3.05) is 25.3 Å². The second-order valence-corrected chi connectivity index (χ2v) is 4.87. The smallest absolute Gasteiger partial charge is 0.162 e. The molecule has 2 rings (SSSR count). The summed E-state index contributed by atoms with van der Waals surface area (Å²) in [5, 5.41) is 3.25. The molecule has 0 radical (unpaired) electrons. The molecular formula is C15H20N4O2. The van der Waals surface area contributed by atoms with E-state index in [2.05, 4.69) is 29.1 Å². The molecule has 1 aromatic carbocycles. The largest absolute Gasteiger partial charge is 0.493 e. The molecule has 0 bridgehead atoms. The first-order valence-electron chi connectivity index (χ1n) is 6.66. The van der Waals surface area contributed by atoms with Crippen molar-refractivity contribution in [2.45, 2.75) is 19.8 Å². The normalized spacial score (nSPS) is 10.5. The summed E-state index contributed by atoms with van der Waals surface area (Å²) in [6.45, 7) is 4.10. The zero-order chi connectivity index (χ0) is 15.4. The zero-order valence-electron chi connectivity index (χ0n) is 12.7. The number of ether oxygens (including phenoxy) is 2. The summed E-state index contributed by atoms with van der Waals surface area (Å²) < 4.78 is 10.5. The summed E-state index contributed by atoms with van der Waals surface area (Å²) in [6, 6.07) is 5.58. The third-order valence-corrected chi connectivity index (χ3v) is 3.14. The molecule has 1 heterocycles. The first-order chi connectivity index (χ1) is 10.1. The van der Waals surface area contributed by atoms with E-state index in [4.69, 9.17) is 15.2 Å². The third kappa shape index (κ3) is 3.16. The SMILES string of the molecule is COc1ccc(Nc2ncnc(N)c2C(C)C)cc1OC. The van der Waals surface area contributed by atoms with Gasteiger partial charge in [-0.25, -0.2) is 9.97 Å². The standard InChI is InChI=1S/C15H20N4O2/c1-9(2)13-14(16)17-8-18-15(13)19-10-5-6-11(20-3)12(7-10)21-4/h5-9H,1-4H3,(H3,16,17,18,19). The van der Waals surface area contributed by atoms with Gasteiger partial charge < -0.3 is 20.5 Å². The van der Waals surface area contributed by atoms with Crippen molar-refractivity contribution in [2.24, 2.45) is 0 Å². The number of nitrogens with one attached hydrogen (secondary N) is 1. The van der Waals surface area contributed by atoms with E-state index in [9.17, 15) is 0 Å². The van der Waals surface area contributed by atoms with Crippen LogP contribution in [0.25, 0.3) is 0 Å². The minimum Gasteiger partial charge on any atom is -0.493 e. The lowest BCUT2D eigenvalue weighted by Crippen LogP contribution is -2.06. The van der Waals surface area contributed by atoms with Crippen LogP contribution < -0.4 is 20.5 Å². The highest BCUT2D eigenvalue weighted by atomic mass is 16.5. The van der Waals surface area contributed by atoms with Crippen molar-refractivity contribution >= 4 is 17.3 Å². The highest BCUT2D eigenvalue weighted by molar-refractivity contribution is 5.66. The Kier molecular flexibility index (Phi) is 4.47. The molecule has 21 heavy (non-hydrogen) atoms. The van der Waals surface area contributed by atoms with Crippen molar-refractivity contribution in [1.29, 1.82) is 0 Å². The third-order valence-electron chi connectivity index (χ3n) is 3.14. The Hall–Kier alpha value is -2.50. The van der Waals surface area contributed by atoms with Crippen molar-refractivity contribution in [3.63, 3.8) is 0 Å². The van der Waals surface area contributed by atoms with Crippen LogP contribution in [0, 0.1) is 0 Å². The molecule has 0 saturated heterocycles. The van der Waals surface area contributed by atoms with E-state index >= 15 is 0 Å². The quantitative estimate of drug-likeness (QED) is 0.880. The minimum atomic E-state index is 0.217. The number of aromatic nitrogens is 2. The van der Waals surface area contributed by atoms with E-state index in [0.29, 0.717) is 23.1 Å². The molecule has 2 aromatic rings. The van der Waals surface area contributed by atoms with Gasteiger partial charge in [-0.2, -0.15) is 0 Å². The number of nitrogens with two attached hydrogens (primary N) is 1. The fraction of sp³-hybridized carbons (Fsp3) is 0.333. The number of methoxy groups -OCH3 is 2. The first-order valence-corrected chi connectivity index (χ1v) is 6.66. The van der Waals surface area contributed by atoms with Crippen LogP contribution in [0.2, 0.25) is 0 Å². The molecule has 0 fully saturated rings. The molecule has 0 saturated carbocycles. The van der Waals surface area contributed by atoms with Crippen molar-refractivity contribution < 1.29 is 9.47 Å². The minimum absolute atomic E-state index is 0.217. The van der Waals surface area contributed by atoms with Gasteiger partial charge in [0.05, 0.1) is 14.2 Å². The molecule has 3 N–H and O–H groups in total. The maximum atomic E-state index is 5.94. The number of hydrogen-bond donors (Lipinski definition) is 2. The Morgan fingerprint density at radius 3 is 2.43 bits per heavy atom. The summed E-state index contributed by atoms with van der Waals surface area (Å²) in [6.07, 6.45) is 1.45. The molecule has 112 valence electrons. The predicted molar refractivity (Wildman–Crippen MR) is 83.4 cm³/mol. The van der Waals surface area contributed by atoms with Crippen LogP contribution in [0.4, 0.5) is 17.3 Å². The van der Waals surface area contributed by atoms with Crippen LogP contribution >= 0.6 is 0 Å². The second kappa shape index (κ2) is 6.30. The van der Waals surface area contributed by atoms with Crippen molar-refractivity contribution in [3.8, 4) is 11.5 Å². The molecule has 0 aliphatic heterocycles. The van der Waals surface area contributed by atoms with Gasteiger partial charge in [0.15, 0.2) is 11.5 Å². The summed E-state index contributed by atoms with van der Waals surface area (Å²) in [5.74, 6) is 2.73. The highest BCUT2D eigenvalue weighted by Crippen LogP contribution is 2.33. The molecule has 0 amide bonds. The Morgan fingerprint density at radius 1 is 1.10 bits per heavy atom. The first kappa shape index (κ1) is 14.9. The number of anilines is 3. The number of rotatable bonds is 5. The van der Waals surface area contributed by atoms with Crippen LogP contribution in [0.15, 0.2) is 24.5 Å². The monoisotopic (exact) mass is 288 g/mol. The van der Waals surface area contributed by atoms with Crippen LogP contribution in [-0.2, 0) is 0 Å². The lowest BCUT2D eigenvalue weighted by molar-refractivity contribution is 0.355. The average molecular weight is 288 g/mol. The molecule has 0 unspecified atom stereocenters. The Bertz CT molecular complexity index is 629. The molecule has 0 spiro atoms. The molecule has 6 nitrogen and oxygen atoms in total. The van der Waals surface area contributed by atoms with Gasteiger partial charge in [-0.15, -0.1) is 0 Å². The number of nitrogen functional groups attached to an aromatic ring is 1. The van der Waals surface area contributed by atoms with Gasteiger partial charge in [-0.1, -0.05) is 13.8 Å². The van der Waals surface area contributed by atoms with Gasteiger partial charge in [0.25, 0.3) is 0 Å². The van der Waals surface area contributed by atoms with Crippen molar-refractivity contribution in [3.05, 3.63) is 30.1 Å². The van der Waals surface area contributed by atoms with Gasteiger partial charge in [0, 0.05) is 17.3 Å². The molecule has 0 aliphatic carbocycles. The molecule has 0 aliphatic rings. The fourth-order valence-electron chi connectivity index (χ4n) is 2.13. The van der Waals surface area contributed by atoms with E-state index in [0.717, 1.165) is 11.3 Å². The average Bonchev–Trinajstić information content (AvgIpc) is 2.46. The molecule has 0 atom stereocenters. The maximum Gasteiger partial charge on any atom is 0.162 e. The molecule has 1 aromatic heterocycles. The number of benzene rings is 1. The van der Waals surface area contributed by atoms with Crippen LogP contribution in [0.1, 0.15) is 25.3 Å². The Labute approximate surface area is 124 Å². The fourth-order valence-corrected chi connectivity index (χ4v) is 2.13. The van der Waals surface area contributed by atoms with Crippen molar-refractivity contribution in [1.82, 2.24) is 9.97 Å². The van der Waals surface area contributed by atoms with E-state index < -0.39 is 0 Å². The predicted octanol–water partition coefficient (Wildman–Crippen LogP) is 2.94. The van der Waals surface area contributed by atoms with Crippen LogP contribution in [0.3, 0.4) is 0 Å². The summed E-state index contributed by atoms with van der Waals surface area (Å²) in [7, 11) is 3.21. The Morgan fingerprint density at radius 2 is 1.81 bits per heavy atom. The molecular weight excluding hydrogens is 268 g/mol. The van der Waals surface area contributed by atoms with E-state index in [1.807, 2.05) is 18.2 Å². The van der Waals surface area contributed by atoms with Crippen LogP contribution in [-0.4, -0.2) is 24.2 Å². The van der Waals surface area contributed by atoms with Gasteiger partial charge in [-0.3, -0.25) is 0 Å². The lowest BCUT2D eigenvalue weighted by atomic mass is 10.0. The summed E-state index contributed by atoms with van der Waals surface area (Å²) in [4.78, 5) is 8.33. The summed E-state index contributed by atoms with van der Waals surface area (Å²) >= 11 is 0. The number of hydrogen-bond acceptors (Lipinski definition) is 6. The van der Waals surface area contributed by atoms with E-state index in [1.165, 1.54) is 6.33 Å². The van der Waals surface area contributed by atoms with Crippen LogP contribution in [0.5, 0.6) is 11.5 Å². The molecule has 6 heteroatoms. The zero-order valence-corrected chi connectivity index (χ0v) is 12.7. The van der Waals surface area contributed by atoms with Gasteiger partial charge in [0.2, 0.25) is 0 Å². The highest BCUT2D eigenvalue weighted by Gasteiger charge is 2.14. The Balaban J connectivity index is 2.37. The number of nitrogens with zero attached hydrogens (tertiary/aromatic N) is 2. The topological polar surface area (TPSA) is 82.3 Å². The van der Waals surface area contributed by atoms with E-state index in [-0.39, 0.29) is 5.92 Å². The lowest BCUT2D eigenvalue weighted by Gasteiger charge is -2.16.